The maximum atomic E-state index is 13.8. The van der Waals surface area contributed by atoms with Crippen LogP contribution in [-0.4, -0.2) is 24.1 Å². The van der Waals surface area contributed by atoms with E-state index in [0.29, 0.717) is 17.1 Å². The van der Waals surface area contributed by atoms with Gasteiger partial charge in [0, 0.05) is 16.2 Å². The first-order valence-corrected chi connectivity index (χ1v) is 8.77. The molecule has 2 amide bonds. The van der Waals surface area contributed by atoms with Gasteiger partial charge in [-0.05, 0) is 42.3 Å². The summed E-state index contributed by atoms with van der Waals surface area (Å²) in [5.41, 5.74) is 1.03. The molecular weight excluding hydrogens is 346 g/mol. The number of halogens is 2. The van der Waals surface area contributed by atoms with Crippen molar-refractivity contribution in [1.29, 1.82) is 0 Å². The number of rotatable bonds is 4. The monoisotopic (exact) mass is 362 g/mol. The third-order valence-corrected chi connectivity index (χ3v) is 5.04. The predicted octanol–water partition coefficient (Wildman–Crippen LogP) is 3.05. The third-order valence-electron chi connectivity index (χ3n) is 3.88. The van der Waals surface area contributed by atoms with Gasteiger partial charge in [-0.25, -0.2) is 8.78 Å². The molecule has 0 bridgehead atoms. The summed E-state index contributed by atoms with van der Waals surface area (Å²) in [5, 5.41) is 5.31. The number of fused-ring (bicyclic) bond motifs is 1. The van der Waals surface area contributed by atoms with Gasteiger partial charge in [-0.1, -0.05) is 12.1 Å². The maximum Gasteiger partial charge on any atom is 0.251 e. The van der Waals surface area contributed by atoms with Crippen LogP contribution in [0.15, 0.2) is 47.4 Å². The summed E-state index contributed by atoms with van der Waals surface area (Å²) < 4.78 is 26.7. The number of nitrogens with one attached hydrogen (secondary N) is 2. The second kappa shape index (κ2) is 7.65. The van der Waals surface area contributed by atoms with E-state index < -0.39 is 11.7 Å². The fourth-order valence-corrected chi connectivity index (χ4v) is 3.79. The van der Waals surface area contributed by atoms with Crippen LogP contribution in [-0.2, 0) is 4.79 Å². The molecule has 4 nitrogen and oxygen atoms in total. The van der Waals surface area contributed by atoms with Crippen molar-refractivity contribution in [3.8, 4) is 0 Å². The molecule has 0 aromatic heterocycles. The van der Waals surface area contributed by atoms with Crippen molar-refractivity contribution in [2.75, 3.05) is 12.3 Å². The lowest BCUT2D eigenvalue weighted by Gasteiger charge is -2.26. The molecule has 25 heavy (non-hydrogen) atoms. The lowest BCUT2D eigenvalue weighted by molar-refractivity contribution is -0.120. The zero-order chi connectivity index (χ0) is 17.8. The quantitative estimate of drug-likeness (QED) is 0.879. The van der Waals surface area contributed by atoms with Crippen LogP contribution in [0.5, 0.6) is 0 Å². The van der Waals surface area contributed by atoms with E-state index in [0.717, 1.165) is 5.56 Å². The highest BCUT2D eigenvalue weighted by atomic mass is 32.2. The molecule has 1 unspecified atom stereocenters. The summed E-state index contributed by atoms with van der Waals surface area (Å²) >= 11 is 1.44. The van der Waals surface area contributed by atoms with Crippen LogP contribution in [0.3, 0.4) is 0 Å². The van der Waals surface area contributed by atoms with Gasteiger partial charge in [0.1, 0.15) is 11.6 Å². The Morgan fingerprint density at radius 1 is 1.12 bits per heavy atom. The highest BCUT2D eigenvalue weighted by molar-refractivity contribution is 7.99. The summed E-state index contributed by atoms with van der Waals surface area (Å²) in [6, 6.07) is 9.60. The second-order valence-corrected chi connectivity index (χ2v) is 6.71. The SMILES string of the molecule is O=C(CNC(=O)c1ccc(F)cc1)NC1CCSc2c(F)cccc21. The molecule has 2 N–H and O–H groups in total. The van der Waals surface area contributed by atoms with E-state index in [4.69, 9.17) is 0 Å². The van der Waals surface area contributed by atoms with Gasteiger partial charge in [0.25, 0.3) is 5.91 Å². The number of thioether (sulfide) groups is 1. The van der Waals surface area contributed by atoms with Crippen LogP contribution in [0.2, 0.25) is 0 Å². The normalized spacial score (nSPS) is 16.0. The van der Waals surface area contributed by atoms with Gasteiger partial charge in [0.15, 0.2) is 0 Å². The van der Waals surface area contributed by atoms with Gasteiger partial charge in [-0.15, -0.1) is 11.8 Å². The van der Waals surface area contributed by atoms with E-state index >= 15 is 0 Å². The Kier molecular flexibility index (Phi) is 5.33. The van der Waals surface area contributed by atoms with Crippen LogP contribution in [0, 0.1) is 11.6 Å². The third kappa shape index (κ3) is 4.17. The van der Waals surface area contributed by atoms with Crippen LogP contribution >= 0.6 is 11.8 Å². The van der Waals surface area contributed by atoms with E-state index in [9.17, 15) is 18.4 Å². The summed E-state index contributed by atoms with van der Waals surface area (Å²) in [4.78, 5) is 24.6. The smallest absolute Gasteiger partial charge is 0.251 e. The highest BCUT2D eigenvalue weighted by Gasteiger charge is 2.24. The average molecular weight is 362 g/mol. The maximum absolute atomic E-state index is 13.8. The molecule has 0 spiro atoms. The fourth-order valence-electron chi connectivity index (χ4n) is 2.65. The molecule has 0 radical (unpaired) electrons. The molecule has 0 aliphatic carbocycles. The van der Waals surface area contributed by atoms with E-state index in [1.165, 1.54) is 42.1 Å². The molecular formula is C18H16F2N2O2S. The van der Waals surface area contributed by atoms with E-state index in [2.05, 4.69) is 10.6 Å². The van der Waals surface area contributed by atoms with Gasteiger partial charge < -0.3 is 10.6 Å². The van der Waals surface area contributed by atoms with Crippen LogP contribution in [0.4, 0.5) is 8.78 Å². The first-order valence-electron chi connectivity index (χ1n) is 7.79. The van der Waals surface area contributed by atoms with Crippen molar-refractivity contribution in [1.82, 2.24) is 10.6 Å². The molecule has 2 aromatic rings. The number of hydrogen-bond donors (Lipinski definition) is 2. The Bertz CT molecular complexity index is 796. The standard InChI is InChI=1S/C18H16F2N2O2S/c19-12-6-4-11(5-7-12)18(24)21-10-16(23)22-15-8-9-25-17-13(15)2-1-3-14(17)20/h1-7,15H,8-10H2,(H,21,24)(H,22,23). The van der Waals surface area contributed by atoms with Crippen LogP contribution in [0.1, 0.15) is 28.4 Å². The fraction of sp³-hybridized carbons (Fsp3) is 0.222. The lowest BCUT2D eigenvalue weighted by Crippen LogP contribution is -2.39. The second-order valence-electron chi connectivity index (χ2n) is 5.60. The van der Waals surface area contributed by atoms with Gasteiger partial charge in [-0.2, -0.15) is 0 Å². The highest BCUT2D eigenvalue weighted by Crippen LogP contribution is 2.37. The number of hydrogen-bond acceptors (Lipinski definition) is 3. The summed E-state index contributed by atoms with van der Waals surface area (Å²) in [6.45, 7) is -0.204. The zero-order valence-electron chi connectivity index (χ0n) is 13.2. The molecule has 1 aliphatic heterocycles. The molecule has 1 atom stereocenters. The van der Waals surface area contributed by atoms with Crippen molar-refractivity contribution in [3.05, 3.63) is 65.2 Å². The molecule has 2 aromatic carbocycles. The minimum atomic E-state index is -0.458. The van der Waals surface area contributed by atoms with Crippen LogP contribution in [0.25, 0.3) is 0 Å². The number of benzene rings is 2. The first-order chi connectivity index (χ1) is 12.0. The Hall–Kier alpha value is -2.41. The molecule has 0 fully saturated rings. The largest absolute Gasteiger partial charge is 0.348 e. The van der Waals surface area contributed by atoms with E-state index in [1.54, 1.807) is 12.1 Å². The van der Waals surface area contributed by atoms with Crippen LogP contribution < -0.4 is 10.6 Å². The Labute approximate surface area is 148 Å². The average Bonchev–Trinajstić information content (AvgIpc) is 2.61. The van der Waals surface area contributed by atoms with E-state index in [1.807, 2.05) is 0 Å². The van der Waals surface area contributed by atoms with Crippen molar-refractivity contribution in [3.63, 3.8) is 0 Å². The first kappa shape index (κ1) is 17.4. The summed E-state index contributed by atoms with van der Waals surface area (Å²) in [6.07, 6.45) is 0.693. The molecule has 7 heteroatoms. The molecule has 0 saturated heterocycles. The lowest BCUT2D eigenvalue weighted by atomic mass is 10.0. The zero-order valence-corrected chi connectivity index (χ0v) is 14.0. The predicted molar refractivity (Wildman–Crippen MR) is 91.4 cm³/mol. The van der Waals surface area contributed by atoms with E-state index in [-0.39, 0.29) is 29.9 Å². The van der Waals surface area contributed by atoms with Gasteiger partial charge in [0.05, 0.1) is 12.6 Å². The Morgan fingerprint density at radius 2 is 1.88 bits per heavy atom. The van der Waals surface area contributed by atoms with Crippen molar-refractivity contribution >= 4 is 23.6 Å². The summed E-state index contributed by atoms with van der Waals surface area (Å²) in [5.74, 6) is -0.828. The van der Waals surface area contributed by atoms with Crippen molar-refractivity contribution < 1.29 is 18.4 Å². The molecule has 3 rings (SSSR count). The number of carbonyl (C=O) groups excluding carboxylic acids is 2. The minimum absolute atomic E-state index is 0.204. The topological polar surface area (TPSA) is 58.2 Å². The molecule has 1 aliphatic rings. The van der Waals surface area contributed by atoms with Gasteiger partial charge in [-0.3, -0.25) is 9.59 Å². The molecule has 1 heterocycles. The Balaban J connectivity index is 1.58. The number of carbonyl (C=O) groups is 2. The molecule has 0 saturated carbocycles. The van der Waals surface area contributed by atoms with Gasteiger partial charge >= 0.3 is 0 Å². The van der Waals surface area contributed by atoms with Crippen molar-refractivity contribution in [2.45, 2.75) is 17.4 Å². The Morgan fingerprint density at radius 3 is 2.64 bits per heavy atom. The van der Waals surface area contributed by atoms with Gasteiger partial charge in [0.2, 0.25) is 5.91 Å². The number of amides is 2. The minimum Gasteiger partial charge on any atom is -0.348 e. The molecule has 130 valence electrons. The van der Waals surface area contributed by atoms with Crippen molar-refractivity contribution in [2.24, 2.45) is 0 Å². The summed E-state index contributed by atoms with van der Waals surface area (Å²) in [7, 11) is 0.